The van der Waals surface area contributed by atoms with E-state index in [2.05, 4.69) is 0 Å². The number of aromatic nitrogens is 1. The molecule has 1 aliphatic rings. The monoisotopic (exact) mass is 442 g/mol. The van der Waals surface area contributed by atoms with E-state index in [1.807, 2.05) is 65.2 Å². The van der Waals surface area contributed by atoms with Crippen molar-refractivity contribution in [3.8, 4) is 0 Å². The van der Waals surface area contributed by atoms with Crippen LogP contribution in [0.3, 0.4) is 0 Å². The molecule has 2 heterocycles. The zero-order valence-corrected chi connectivity index (χ0v) is 18.9. The van der Waals surface area contributed by atoms with Crippen LogP contribution in [-0.4, -0.2) is 41.2 Å². The molecule has 0 amide bonds. The molecule has 1 aliphatic heterocycles. The van der Waals surface area contributed by atoms with Gasteiger partial charge < -0.3 is 14.2 Å². The summed E-state index contributed by atoms with van der Waals surface area (Å²) >= 11 is 0. The number of methoxy groups -OCH3 is 1. The lowest BCUT2D eigenvalue weighted by atomic mass is 9.83. The van der Waals surface area contributed by atoms with Gasteiger partial charge in [-0.15, -0.1) is 0 Å². The zero-order chi connectivity index (χ0) is 23.5. The maximum Gasteiger partial charge on any atom is 0.335 e. The Morgan fingerprint density at radius 2 is 1.61 bits per heavy atom. The Morgan fingerprint density at radius 3 is 2.30 bits per heavy atom. The van der Waals surface area contributed by atoms with E-state index in [1.54, 1.807) is 24.3 Å². The number of ketones is 2. The number of benzene rings is 2. The third-order valence-corrected chi connectivity index (χ3v) is 5.93. The van der Waals surface area contributed by atoms with Crippen LogP contribution in [0.5, 0.6) is 0 Å². The number of nitrogens with zero attached hydrogens (tertiary/aromatic N) is 2. The molecule has 0 fully saturated rings. The molecule has 0 bridgehead atoms. The van der Waals surface area contributed by atoms with Crippen molar-refractivity contribution in [3.63, 3.8) is 0 Å². The average Bonchev–Trinajstić information content (AvgIpc) is 3.18. The van der Waals surface area contributed by atoms with Crippen LogP contribution < -0.4 is 0 Å². The van der Waals surface area contributed by atoms with Gasteiger partial charge in [0.2, 0.25) is 0 Å². The number of rotatable bonds is 7. The molecule has 0 aliphatic carbocycles. The number of carbonyl (C=O) groups is 3. The van der Waals surface area contributed by atoms with Gasteiger partial charge in [-0.25, -0.2) is 4.79 Å². The summed E-state index contributed by atoms with van der Waals surface area (Å²) in [5.41, 5.74) is 3.29. The van der Waals surface area contributed by atoms with Gasteiger partial charge >= 0.3 is 5.97 Å². The summed E-state index contributed by atoms with van der Waals surface area (Å²) in [5.74, 6) is -1.53. The summed E-state index contributed by atoms with van der Waals surface area (Å²) in [7, 11) is 3.03. The van der Waals surface area contributed by atoms with E-state index in [4.69, 9.17) is 4.74 Å². The molecule has 3 aromatic rings. The van der Waals surface area contributed by atoms with E-state index in [0.29, 0.717) is 23.4 Å². The molecule has 4 rings (SSSR count). The normalized spacial score (nSPS) is 15.7. The van der Waals surface area contributed by atoms with Crippen LogP contribution in [0.1, 0.15) is 29.4 Å². The predicted octanol–water partition coefficient (Wildman–Crippen LogP) is 4.35. The number of allylic oxidation sites excluding steroid dienone is 1. The number of ether oxygens (including phenoxy) is 1. The van der Waals surface area contributed by atoms with Crippen molar-refractivity contribution >= 4 is 28.4 Å². The highest BCUT2D eigenvalue weighted by atomic mass is 16.5. The first-order valence-corrected chi connectivity index (χ1v) is 10.8. The Kier molecular flexibility index (Phi) is 6.27. The maximum atomic E-state index is 13.6. The van der Waals surface area contributed by atoms with Gasteiger partial charge in [0.25, 0.3) is 0 Å². The Morgan fingerprint density at radius 1 is 0.939 bits per heavy atom. The number of hydrogen-bond donors (Lipinski definition) is 0. The Balaban J connectivity index is 1.74. The van der Waals surface area contributed by atoms with Gasteiger partial charge in [-0.3, -0.25) is 9.59 Å². The lowest BCUT2D eigenvalue weighted by Gasteiger charge is -2.27. The number of Topliss-reactive ketones (excluding diaryl/α,β-unsaturated/α-hetero) is 2. The lowest BCUT2D eigenvalue weighted by molar-refractivity contribution is -0.136. The van der Waals surface area contributed by atoms with E-state index in [1.165, 1.54) is 14.0 Å². The molecule has 6 nitrogen and oxygen atoms in total. The molecule has 0 N–H and O–H groups in total. The maximum absolute atomic E-state index is 13.6. The van der Waals surface area contributed by atoms with Crippen molar-refractivity contribution in [2.24, 2.45) is 5.92 Å². The van der Waals surface area contributed by atoms with Crippen molar-refractivity contribution in [1.82, 2.24) is 9.47 Å². The first-order chi connectivity index (χ1) is 15.9. The molecule has 1 aromatic heterocycles. The molecule has 1 unspecified atom stereocenters. The van der Waals surface area contributed by atoms with Gasteiger partial charge in [0.15, 0.2) is 11.6 Å². The first-order valence-electron chi connectivity index (χ1n) is 10.8. The average molecular weight is 443 g/mol. The Labute approximate surface area is 192 Å². The summed E-state index contributed by atoms with van der Waals surface area (Å²) in [5, 5.41) is 0.964. The van der Waals surface area contributed by atoms with Crippen LogP contribution in [0.2, 0.25) is 0 Å². The van der Waals surface area contributed by atoms with E-state index >= 15 is 0 Å². The highest BCUT2D eigenvalue weighted by molar-refractivity contribution is 6.04. The molecular formula is C27H26N2O4. The molecule has 168 valence electrons. The quantitative estimate of drug-likeness (QED) is 0.402. The van der Waals surface area contributed by atoms with E-state index in [-0.39, 0.29) is 18.0 Å². The topological polar surface area (TPSA) is 68.6 Å². The van der Waals surface area contributed by atoms with Crippen molar-refractivity contribution in [2.75, 3.05) is 14.2 Å². The predicted molar refractivity (Wildman–Crippen MR) is 127 cm³/mol. The van der Waals surface area contributed by atoms with Gasteiger partial charge in [0.05, 0.1) is 18.4 Å². The highest BCUT2D eigenvalue weighted by Gasteiger charge is 2.34. The molecule has 0 spiro atoms. The van der Waals surface area contributed by atoms with E-state index in [0.717, 1.165) is 16.5 Å². The fraction of sp³-hybridized carbons (Fsp3) is 0.222. The van der Waals surface area contributed by atoms with Crippen molar-refractivity contribution in [1.29, 1.82) is 0 Å². The van der Waals surface area contributed by atoms with Crippen LogP contribution in [0.25, 0.3) is 10.9 Å². The van der Waals surface area contributed by atoms with Crippen LogP contribution in [0.15, 0.2) is 84.2 Å². The van der Waals surface area contributed by atoms with E-state index < -0.39 is 11.9 Å². The van der Waals surface area contributed by atoms with Gasteiger partial charge in [0, 0.05) is 54.8 Å². The SMILES string of the molecule is COC(=O)C1=CN(C)C=C(C(C)=O)C1CC(=O)c1cc2ccccc2n1Cc1ccccc1. The summed E-state index contributed by atoms with van der Waals surface area (Å²) < 4.78 is 6.95. The summed E-state index contributed by atoms with van der Waals surface area (Å²) in [4.78, 5) is 40.2. The second-order valence-electron chi connectivity index (χ2n) is 8.22. The number of hydrogen-bond acceptors (Lipinski definition) is 5. The minimum atomic E-state index is -0.665. The van der Waals surface area contributed by atoms with Gasteiger partial charge in [0.1, 0.15) is 0 Å². The minimum absolute atomic E-state index is 0.00863. The molecule has 2 aromatic carbocycles. The van der Waals surface area contributed by atoms with Crippen molar-refractivity contribution in [2.45, 2.75) is 19.9 Å². The number of esters is 1. The van der Waals surface area contributed by atoms with Crippen LogP contribution in [0, 0.1) is 5.92 Å². The smallest absolute Gasteiger partial charge is 0.335 e. The van der Waals surface area contributed by atoms with Crippen LogP contribution in [0.4, 0.5) is 0 Å². The third-order valence-electron chi connectivity index (χ3n) is 5.93. The molecule has 0 saturated heterocycles. The van der Waals surface area contributed by atoms with Crippen LogP contribution >= 0.6 is 0 Å². The highest BCUT2D eigenvalue weighted by Crippen LogP contribution is 2.32. The van der Waals surface area contributed by atoms with E-state index in [9.17, 15) is 14.4 Å². The standard InChI is InChI=1S/C27H26N2O4/c1-18(30)22-16-28(2)17-23(27(32)33-3)21(22)14-26(31)25-13-20-11-7-8-12-24(20)29(25)15-19-9-5-4-6-10-19/h4-13,16-17,21H,14-15H2,1-3H3. The molecule has 0 radical (unpaired) electrons. The van der Waals surface area contributed by atoms with Gasteiger partial charge in [-0.1, -0.05) is 48.5 Å². The summed E-state index contributed by atoms with van der Waals surface area (Å²) in [6.45, 7) is 1.99. The fourth-order valence-corrected chi connectivity index (χ4v) is 4.36. The number of carbonyl (C=O) groups excluding carboxylic acids is 3. The number of fused-ring (bicyclic) bond motifs is 1. The van der Waals surface area contributed by atoms with Gasteiger partial charge in [-0.05, 0) is 24.6 Å². The largest absolute Gasteiger partial charge is 0.466 e. The molecule has 0 saturated carbocycles. The first kappa shape index (κ1) is 22.3. The minimum Gasteiger partial charge on any atom is -0.466 e. The molecular weight excluding hydrogens is 416 g/mol. The Bertz CT molecular complexity index is 1280. The Hall–Kier alpha value is -3.93. The van der Waals surface area contributed by atoms with Crippen molar-refractivity contribution < 1.29 is 19.1 Å². The molecule has 6 heteroatoms. The molecule has 1 atom stereocenters. The third kappa shape index (κ3) is 4.51. The van der Waals surface area contributed by atoms with Gasteiger partial charge in [-0.2, -0.15) is 0 Å². The fourth-order valence-electron chi connectivity index (χ4n) is 4.36. The summed E-state index contributed by atoms with van der Waals surface area (Å²) in [6, 6.07) is 19.7. The lowest BCUT2D eigenvalue weighted by Crippen LogP contribution is -2.29. The second kappa shape index (κ2) is 9.28. The second-order valence-corrected chi connectivity index (χ2v) is 8.22. The zero-order valence-electron chi connectivity index (χ0n) is 18.9. The van der Waals surface area contributed by atoms with Crippen molar-refractivity contribution in [3.05, 3.63) is 95.5 Å². The van der Waals surface area contributed by atoms with Crippen LogP contribution in [-0.2, 0) is 20.9 Å². The number of para-hydroxylation sites is 1. The molecule has 33 heavy (non-hydrogen) atoms. The summed E-state index contributed by atoms with van der Waals surface area (Å²) in [6.07, 6.45) is 3.28.